The largest absolute Gasteiger partial charge is 0.412 e. The summed E-state index contributed by atoms with van der Waals surface area (Å²) >= 11 is 6.39. The average Bonchev–Trinajstić information content (AvgIpc) is 2.84. The monoisotopic (exact) mass is 576 g/mol. The van der Waals surface area contributed by atoms with Crippen LogP contribution in [0.2, 0.25) is 0 Å². The summed E-state index contributed by atoms with van der Waals surface area (Å²) in [5.41, 5.74) is 0.161. The molecule has 1 saturated heterocycles. The van der Waals surface area contributed by atoms with E-state index in [0.717, 1.165) is 82.3 Å². The topological polar surface area (TPSA) is 95.3 Å². The quantitative estimate of drug-likeness (QED) is 0.346. The molecule has 3 saturated carbocycles. The van der Waals surface area contributed by atoms with E-state index in [-0.39, 0.29) is 35.8 Å². The first kappa shape index (κ1) is 36.6. The number of nitrogens with zero attached hydrogens (tertiary/aromatic N) is 1. The van der Waals surface area contributed by atoms with E-state index in [9.17, 15) is 9.18 Å². The number of alkyl halides is 2. The molecule has 1 aliphatic heterocycles. The maximum Gasteiger partial charge on any atom is 0.239 e. The van der Waals surface area contributed by atoms with Gasteiger partial charge in [-0.15, -0.1) is 11.6 Å². The van der Waals surface area contributed by atoms with Crippen LogP contribution in [0, 0.1) is 40.9 Å². The third-order valence-corrected chi connectivity index (χ3v) is 11.1. The molecule has 39 heavy (non-hydrogen) atoms. The highest BCUT2D eigenvalue weighted by atomic mass is 35.5. The fourth-order valence-corrected chi connectivity index (χ4v) is 8.76. The van der Waals surface area contributed by atoms with E-state index in [1.54, 1.807) is 0 Å². The molecule has 4 aliphatic rings. The van der Waals surface area contributed by atoms with Gasteiger partial charge in [-0.1, -0.05) is 48.0 Å². The first-order valence-corrected chi connectivity index (χ1v) is 15.9. The van der Waals surface area contributed by atoms with Gasteiger partial charge < -0.3 is 21.2 Å². The van der Waals surface area contributed by atoms with Gasteiger partial charge >= 0.3 is 0 Å². The van der Waals surface area contributed by atoms with Gasteiger partial charge in [0.05, 0.1) is 6.04 Å². The molecule has 7 heteroatoms. The van der Waals surface area contributed by atoms with Crippen LogP contribution in [0.3, 0.4) is 0 Å². The summed E-state index contributed by atoms with van der Waals surface area (Å²) in [5.74, 6) is 4.21. The van der Waals surface area contributed by atoms with Crippen LogP contribution in [0.4, 0.5) is 4.39 Å². The Hall–Kier alpha value is -0.430. The summed E-state index contributed by atoms with van der Waals surface area (Å²) < 4.78 is 13.6. The van der Waals surface area contributed by atoms with Crippen molar-refractivity contribution in [2.75, 3.05) is 19.6 Å². The SMILES string of the molecule is C.CC(C)[C@@H](NCC1CCCC(C2CCC(F)CC2)C1)C(=O)N1CC[C@H](C2CCC(Cl)CC2)C(C)(C)C1.O.O. The lowest BCUT2D eigenvalue weighted by Crippen LogP contribution is -2.56. The van der Waals surface area contributed by atoms with E-state index in [2.05, 4.69) is 37.9 Å². The first-order valence-electron chi connectivity index (χ1n) is 15.4. The fourth-order valence-electron chi connectivity index (χ4n) is 8.51. The number of hydrogen-bond donors (Lipinski definition) is 1. The molecule has 0 aromatic rings. The first-order chi connectivity index (χ1) is 17.1. The number of carbonyl (C=O) groups is 1. The average molecular weight is 577 g/mol. The highest BCUT2D eigenvalue weighted by molar-refractivity contribution is 6.20. The lowest BCUT2D eigenvalue weighted by molar-refractivity contribution is -0.140. The van der Waals surface area contributed by atoms with Crippen molar-refractivity contribution >= 4 is 17.5 Å². The fraction of sp³-hybridized carbons (Fsp3) is 0.969. The van der Waals surface area contributed by atoms with Gasteiger partial charge in [-0.05, 0) is 118 Å². The van der Waals surface area contributed by atoms with Crippen molar-refractivity contribution in [1.29, 1.82) is 0 Å². The Morgan fingerprint density at radius 1 is 0.923 bits per heavy atom. The number of rotatable bonds is 7. The molecule has 4 atom stereocenters. The highest BCUT2D eigenvalue weighted by Crippen LogP contribution is 2.46. The summed E-state index contributed by atoms with van der Waals surface area (Å²) in [6, 6.07) is -0.0913. The second kappa shape index (κ2) is 16.3. The standard InChI is InChI=1S/C31H54ClFN2O.CH4.2H2O/c1-21(2)29(34-19-22-6-5-7-25(18-22)23-10-14-27(33)15-11-23)30(36)35-17-16-28(31(3,4)20-35)24-8-12-26(32)13-9-24;;;/h21-29,34H,5-20H2,1-4H3;1H4;2*1H2/t22?,23?,24?,25?,26?,27?,28-,29-;;;/m1.../s1. The van der Waals surface area contributed by atoms with Gasteiger partial charge in [0, 0.05) is 18.5 Å². The molecule has 4 rings (SSSR count). The molecule has 0 spiro atoms. The van der Waals surface area contributed by atoms with Gasteiger partial charge in [0.1, 0.15) is 6.17 Å². The summed E-state index contributed by atoms with van der Waals surface area (Å²) in [5, 5.41) is 4.13. The van der Waals surface area contributed by atoms with Crippen molar-refractivity contribution in [2.24, 2.45) is 40.9 Å². The number of amides is 1. The molecule has 0 aromatic carbocycles. The molecule has 0 aromatic heterocycles. The Balaban J connectivity index is 0.00000253. The van der Waals surface area contributed by atoms with Gasteiger partial charge in [-0.2, -0.15) is 0 Å². The summed E-state index contributed by atoms with van der Waals surface area (Å²) in [6.45, 7) is 11.9. The van der Waals surface area contributed by atoms with Gasteiger partial charge in [0.15, 0.2) is 0 Å². The summed E-state index contributed by atoms with van der Waals surface area (Å²) in [7, 11) is 0. The van der Waals surface area contributed by atoms with Crippen LogP contribution in [-0.2, 0) is 4.79 Å². The second-order valence-electron chi connectivity index (χ2n) is 14.1. The zero-order chi connectivity index (χ0) is 25.9. The predicted octanol–water partition coefficient (Wildman–Crippen LogP) is 6.59. The molecule has 0 radical (unpaired) electrons. The number of piperidine rings is 1. The molecule has 2 unspecified atom stereocenters. The van der Waals surface area contributed by atoms with Crippen LogP contribution >= 0.6 is 11.6 Å². The van der Waals surface area contributed by atoms with Crippen molar-refractivity contribution in [3.63, 3.8) is 0 Å². The van der Waals surface area contributed by atoms with E-state index >= 15 is 0 Å². The minimum Gasteiger partial charge on any atom is -0.412 e. The molecule has 5 N–H and O–H groups in total. The van der Waals surface area contributed by atoms with Crippen molar-refractivity contribution in [2.45, 2.75) is 136 Å². The van der Waals surface area contributed by atoms with Crippen LogP contribution in [-0.4, -0.2) is 59.0 Å². The summed E-state index contributed by atoms with van der Waals surface area (Å²) in [6.07, 6.45) is 14.2. The molecule has 1 amide bonds. The Kier molecular flexibility index (Phi) is 15.3. The Morgan fingerprint density at radius 3 is 2.13 bits per heavy atom. The third kappa shape index (κ3) is 9.54. The lowest BCUT2D eigenvalue weighted by Gasteiger charge is -2.49. The minimum absolute atomic E-state index is 0. The summed E-state index contributed by atoms with van der Waals surface area (Å²) in [4.78, 5) is 16.0. The van der Waals surface area contributed by atoms with Crippen molar-refractivity contribution in [1.82, 2.24) is 10.2 Å². The van der Waals surface area contributed by atoms with Crippen LogP contribution < -0.4 is 5.32 Å². The maximum absolute atomic E-state index is 13.8. The molecule has 4 fully saturated rings. The normalized spacial score (nSPS) is 35.7. The van der Waals surface area contributed by atoms with Crippen LogP contribution in [0.5, 0.6) is 0 Å². The van der Waals surface area contributed by atoms with Crippen LogP contribution in [0.25, 0.3) is 0 Å². The number of nitrogens with one attached hydrogen (secondary N) is 1. The van der Waals surface area contributed by atoms with Gasteiger partial charge in [-0.25, -0.2) is 4.39 Å². The van der Waals surface area contributed by atoms with Crippen molar-refractivity contribution < 1.29 is 20.1 Å². The molecular weight excluding hydrogens is 515 g/mol. The number of hydrogen-bond acceptors (Lipinski definition) is 2. The van der Waals surface area contributed by atoms with Crippen molar-refractivity contribution in [3.8, 4) is 0 Å². The third-order valence-electron chi connectivity index (χ3n) is 10.6. The van der Waals surface area contributed by atoms with Crippen molar-refractivity contribution in [3.05, 3.63) is 0 Å². The van der Waals surface area contributed by atoms with Crippen LogP contribution in [0.1, 0.15) is 119 Å². The van der Waals surface area contributed by atoms with E-state index in [1.807, 2.05) is 0 Å². The molecule has 0 bridgehead atoms. The Labute approximate surface area is 244 Å². The van der Waals surface area contributed by atoms with E-state index in [4.69, 9.17) is 11.6 Å². The molecule has 5 nitrogen and oxygen atoms in total. The number of halogens is 2. The lowest BCUT2D eigenvalue weighted by atomic mass is 9.64. The number of likely N-dealkylation sites (tertiary alicyclic amines) is 1. The number of carbonyl (C=O) groups excluding carboxylic acids is 1. The Morgan fingerprint density at radius 2 is 1.54 bits per heavy atom. The highest BCUT2D eigenvalue weighted by Gasteiger charge is 2.43. The molecular formula is C32H62ClFN2O3. The molecule has 1 heterocycles. The van der Waals surface area contributed by atoms with E-state index in [1.165, 1.54) is 38.5 Å². The zero-order valence-corrected chi connectivity index (χ0v) is 25.4. The predicted molar refractivity (Wildman–Crippen MR) is 163 cm³/mol. The Bertz CT molecular complexity index is 708. The molecule has 3 aliphatic carbocycles. The van der Waals surface area contributed by atoms with Crippen LogP contribution in [0.15, 0.2) is 0 Å². The van der Waals surface area contributed by atoms with Gasteiger partial charge in [0.25, 0.3) is 0 Å². The minimum atomic E-state index is -0.559. The smallest absolute Gasteiger partial charge is 0.239 e. The second-order valence-corrected chi connectivity index (χ2v) is 14.7. The van der Waals surface area contributed by atoms with Gasteiger partial charge in [-0.3, -0.25) is 4.79 Å². The zero-order valence-electron chi connectivity index (χ0n) is 24.6. The van der Waals surface area contributed by atoms with E-state index in [0.29, 0.717) is 23.1 Å². The van der Waals surface area contributed by atoms with E-state index < -0.39 is 6.17 Å². The molecule has 232 valence electrons. The van der Waals surface area contributed by atoms with Gasteiger partial charge in [0.2, 0.25) is 5.91 Å². The maximum atomic E-state index is 13.8.